The SMILES string of the molecule is Cc1ccc(C(C)NC(=O)CN2CCCN(S(=O)(=O)c3ccc(F)cc3)CC2)cc1C. The van der Waals surface area contributed by atoms with Crippen LogP contribution in [0.4, 0.5) is 4.39 Å². The number of hydrogen-bond donors (Lipinski definition) is 1. The molecular weight excluding hydrogens is 417 g/mol. The minimum Gasteiger partial charge on any atom is -0.348 e. The topological polar surface area (TPSA) is 69.7 Å². The predicted octanol–water partition coefficient (Wildman–Crippen LogP) is 3.02. The first-order valence-corrected chi connectivity index (χ1v) is 12.0. The van der Waals surface area contributed by atoms with Gasteiger partial charge < -0.3 is 5.32 Å². The molecule has 1 amide bonds. The van der Waals surface area contributed by atoms with Gasteiger partial charge in [0.2, 0.25) is 15.9 Å². The third-order valence-electron chi connectivity index (χ3n) is 5.77. The molecule has 1 aliphatic heterocycles. The Labute approximate surface area is 184 Å². The number of nitrogens with zero attached hydrogens (tertiary/aromatic N) is 2. The van der Waals surface area contributed by atoms with Gasteiger partial charge in [0.05, 0.1) is 17.5 Å². The molecule has 1 aliphatic rings. The number of hydrogen-bond acceptors (Lipinski definition) is 4. The first kappa shape index (κ1) is 23.4. The molecule has 2 aromatic carbocycles. The van der Waals surface area contributed by atoms with Gasteiger partial charge in [-0.3, -0.25) is 9.69 Å². The molecule has 1 N–H and O–H groups in total. The van der Waals surface area contributed by atoms with E-state index in [0.29, 0.717) is 32.6 Å². The van der Waals surface area contributed by atoms with E-state index in [4.69, 9.17) is 0 Å². The van der Waals surface area contributed by atoms with Gasteiger partial charge in [-0.2, -0.15) is 4.31 Å². The summed E-state index contributed by atoms with van der Waals surface area (Å²) in [7, 11) is -3.68. The third-order valence-corrected chi connectivity index (χ3v) is 7.69. The van der Waals surface area contributed by atoms with Crippen LogP contribution in [0.15, 0.2) is 47.4 Å². The van der Waals surface area contributed by atoms with E-state index in [1.54, 1.807) is 0 Å². The van der Waals surface area contributed by atoms with Gasteiger partial charge in [-0.15, -0.1) is 0 Å². The van der Waals surface area contributed by atoms with Crippen molar-refractivity contribution in [3.63, 3.8) is 0 Å². The van der Waals surface area contributed by atoms with E-state index in [9.17, 15) is 17.6 Å². The van der Waals surface area contributed by atoms with E-state index in [2.05, 4.69) is 31.3 Å². The van der Waals surface area contributed by atoms with Crippen LogP contribution in [0, 0.1) is 19.7 Å². The Balaban J connectivity index is 1.56. The summed E-state index contributed by atoms with van der Waals surface area (Å²) in [5.74, 6) is -0.553. The first-order chi connectivity index (χ1) is 14.7. The molecule has 0 saturated carbocycles. The number of halogens is 1. The maximum atomic E-state index is 13.1. The molecule has 6 nitrogen and oxygen atoms in total. The molecule has 31 heavy (non-hydrogen) atoms. The second-order valence-electron chi connectivity index (χ2n) is 8.12. The number of rotatable bonds is 6. The zero-order valence-electron chi connectivity index (χ0n) is 18.3. The molecule has 8 heteroatoms. The molecule has 1 fully saturated rings. The van der Waals surface area contributed by atoms with E-state index in [1.807, 2.05) is 17.9 Å². The van der Waals surface area contributed by atoms with Crippen LogP contribution in [0.3, 0.4) is 0 Å². The van der Waals surface area contributed by atoms with Gasteiger partial charge in [0, 0.05) is 19.6 Å². The Morgan fingerprint density at radius 3 is 2.42 bits per heavy atom. The van der Waals surface area contributed by atoms with Crippen LogP contribution in [-0.2, 0) is 14.8 Å². The molecule has 0 aromatic heterocycles. The van der Waals surface area contributed by atoms with Crippen molar-refractivity contribution in [2.45, 2.75) is 38.1 Å². The lowest BCUT2D eigenvalue weighted by Gasteiger charge is -2.22. The highest BCUT2D eigenvalue weighted by atomic mass is 32.2. The summed E-state index contributed by atoms with van der Waals surface area (Å²) in [6.07, 6.45) is 0.625. The van der Waals surface area contributed by atoms with Crippen molar-refractivity contribution in [1.29, 1.82) is 0 Å². The molecule has 1 saturated heterocycles. The fourth-order valence-corrected chi connectivity index (χ4v) is 5.18. The summed E-state index contributed by atoms with van der Waals surface area (Å²) in [6.45, 7) is 8.06. The zero-order chi connectivity index (χ0) is 22.6. The average Bonchev–Trinajstić information content (AvgIpc) is 2.96. The molecule has 2 aromatic rings. The number of aryl methyl sites for hydroxylation is 2. The number of amides is 1. The van der Waals surface area contributed by atoms with Gasteiger partial charge in [-0.25, -0.2) is 12.8 Å². The van der Waals surface area contributed by atoms with Crippen molar-refractivity contribution >= 4 is 15.9 Å². The molecular formula is C23H30FN3O3S. The lowest BCUT2D eigenvalue weighted by molar-refractivity contribution is -0.122. The van der Waals surface area contributed by atoms with Gasteiger partial charge in [-0.1, -0.05) is 18.2 Å². The van der Waals surface area contributed by atoms with E-state index in [-0.39, 0.29) is 23.4 Å². The lowest BCUT2D eigenvalue weighted by Crippen LogP contribution is -2.40. The van der Waals surface area contributed by atoms with E-state index < -0.39 is 15.8 Å². The normalized spacial score (nSPS) is 17.2. The Bertz CT molecular complexity index is 1020. The monoisotopic (exact) mass is 447 g/mol. The van der Waals surface area contributed by atoms with Crippen molar-refractivity contribution in [2.24, 2.45) is 0 Å². The highest BCUT2D eigenvalue weighted by molar-refractivity contribution is 7.89. The van der Waals surface area contributed by atoms with Crippen LogP contribution in [0.25, 0.3) is 0 Å². The lowest BCUT2D eigenvalue weighted by atomic mass is 10.0. The predicted molar refractivity (Wildman–Crippen MR) is 119 cm³/mol. The summed E-state index contributed by atoms with van der Waals surface area (Å²) in [5, 5.41) is 3.04. The molecule has 1 heterocycles. The Morgan fingerprint density at radius 1 is 1.03 bits per heavy atom. The largest absolute Gasteiger partial charge is 0.348 e. The van der Waals surface area contributed by atoms with Crippen molar-refractivity contribution in [3.8, 4) is 0 Å². The van der Waals surface area contributed by atoms with Crippen molar-refractivity contribution < 1.29 is 17.6 Å². The number of nitrogens with one attached hydrogen (secondary N) is 1. The van der Waals surface area contributed by atoms with Crippen LogP contribution in [0.1, 0.15) is 36.1 Å². The molecule has 0 bridgehead atoms. The maximum absolute atomic E-state index is 13.1. The molecule has 3 rings (SSSR count). The summed E-state index contributed by atoms with van der Waals surface area (Å²) in [6, 6.07) is 10.9. The Kier molecular flexibility index (Phi) is 7.46. The summed E-state index contributed by atoms with van der Waals surface area (Å²) >= 11 is 0. The van der Waals surface area contributed by atoms with Crippen LogP contribution in [0.5, 0.6) is 0 Å². The van der Waals surface area contributed by atoms with E-state index >= 15 is 0 Å². The van der Waals surface area contributed by atoms with Gasteiger partial charge in [0.1, 0.15) is 5.82 Å². The highest BCUT2D eigenvalue weighted by Crippen LogP contribution is 2.19. The molecule has 1 atom stereocenters. The molecule has 0 radical (unpaired) electrons. The standard InChI is InChI=1S/C23H30FN3O3S/c1-17-5-6-20(15-18(17)2)19(3)25-23(28)16-26-11-4-12-27(14-13-26)31(29,30)22-9-7-21(24)8-10-22/h5-10,15,19H,4,11-14,16H2,1-3H3,(H,25,28). The molecule has 0 spiro atoms. The second kappa shape index (κ2) is 9.89. The van der Waals surface area contributed by atoms with Crippen LogP contribution in [0.2, 0.25) is 0 Å². The summed E-state index contributed by atoms with van der Waals surface area (Å²) in [5.41, 5.74) is 3.46. The summed E-state index contributed by atoms with van der Waals surface area (Å²) in [4.78, 5) is 14.6. The number of sulfonamides is 1. The van der Waals surface area contributed by atoms with Crippen molar-refractivity contribution in [3.05, 3.63) is 65.0 Å². The van der Waals surface area contributed by atoms with Gasteiger partial charge in [0.15, 0.2) is 0 Å². The smallest absolute Gasteiger partial charge is 0.243 e. The third kappa shape index (κ3) is 5.90. The van der Waals surface area contributed by atoms with Crippen LogP contribution in [-0.4, -0.2) is 56.3 Å². The molecule has 168 valence electrons. The number of carbonyl (C=O) groups excluding carboxylic acids is 1. The van der Waals surface area contributed by atoms with Crippen molar-refractivity contribution in [2.75, 3.05) is 32.7 Å². The van der Waals surface area contributed by atoms with Crippen molar-refractivity contribution in [1.82, 2.24) is 14.5 Å². The van der Waals surface area contributed by atoms with Gasteiger partial charge in [-0.05, 0) is 74.7 Å². The van der Waals surface area contributed by atoms with E-state index in [0.717, 1.165) is 17.7 Å². The van der Waals surface area contributed by atoms with Gasteiger partial charge >= 0.3 is 0 Å². The second-order valence-corrected chi connectivity index (χ2v) is 10.1. The minimum absolute atomic E-state index is 0.0828. The quantitative estimate of drug-likeness (QED) is 0.739. The highest BCUT2D eigenvalue weighted by Gasteiger charge is 2.27. The van der Waals surface area contributed by atoms with Crippen LogP contribution >= 0.6 is 0 Å². The maximum Gasteiger partial charge on any atom is 0.243 e. The molecule has 1 unspecified atom stereocenters. The Hall–Kier alpha value is -2.29. The van der Waals surface area contributed by atoms with Crippen LogP contribution < -0.4 is 5.32 Å². The Morgan fingerprint density at radius 2 is 1.74 bits per heavy atom. The zero-order valence-corrected chi connectivity index (χ0v) is 19.1. The fourth-order valence-electron chi connectivity index (χ4n) is 3.71. The number of benzene rings is 2. The summed E-state index contributed by atoms with van der Waals surface area (Å²) < 4.78 is 40.2. The fraction of sp³-hybridized carbons (Fsp3) is 0.435. The number of carbonyl (C=O) groups is 1. The van der Waals surface area contributed by atoms with E-state index in [1.165, 1.54) is 27.6 Å². The van der Waals surface area contributed by atoms with Gasteiger partial charge in [0.25, 0.3) is 0 Å². The molecule has 0 aliphatic carbocycles. The minimum atomic E-state index is -3.68. The average molecular weight is 448 g/mol. The first-order valence-electron chi connectivity index (χ1n) is 10.5.